The van der Waals surface area contributed by atoms with Gasteiger partial charge in [-0.05, 0) is 57.8 Å². The Kier molecular flexibility index (Phi) is 63.4. The van der Waals surface area contributed by atoms with E-state index < -0.39 is 12.1 Å². The molecule has 6 nitrogen and oxygen atoms in total. The number of rotatable bonds is 64. The van der Waals surface area contributed by atoms with Crippen LogP contribution in [-0.2, 0) is 14.3 Å². The van der Waals surface area contributed by atoms with Crippen molar-refractivity contribution in [1.82, 2.24) is 5.32 Å². The van der Waals surface area contributed by atoms with E-state index in [2.05, 4.69) is 31.3 Å². The Bertz CT molecular complexity index is 1170. The molecule has 0 spiro atoms. The van der Waals surface area contributed by atoms with Crippen LogP contribution in [0.2, 0.25) is 0 Å². The molecule has 0 aromatic rings. The van der Waals surface area contributed by atoms with Gasteiger partial charge >= 0.3 is 5.97 Å². The third-order valence-corrected chi connectivity index (χ3v) is 16.0. The number of ether oxygens (including phenoxy) is 1. The maximum atomic E-state index is 12.5. The lowest BCUT2D eigenvalue weighted by molar-refractivity contribution is -0.143. The molecule has 0 bridgehead atoms. The first-order chi connectivity index (χ1) is 37.0. The second-order valence-electron chi connectivity index (χ2n) is 23.5. The van der Waals surface area contributed by atoms with Crippen LogP contribution in [0.4, 0.5) is 0 Å². The molecule has 0 aromatic heterocycles. The van der Waals surface area contributed by atoms with E-state index in [0.29, 0.717) is 19.4 Å². The van der Waals surface area contributed by atoms with Crippen LogP contribution in [0.3, 0.4) is 0 Å². The molecule has 0 saturated carbocycles. The second-order valence-corrected chi connectivity index (χ2v) is 23.5. The van der Waals surface area contributed by atoms with Gasteiger partial charge in [0.2, 0.25) is 5.91 Å². The van der Waals surface area contributed by atoms with Gasteiger partial charge in [-0.3, -0.25) is 9.59 Å². The van der Waals surface area contributed by atoms with Crippen molar-refractivity contribution in [2.75, 3.05) is 13.2 Å². The lowest BCUT2D eigenvalue weighted by atomic mass is 10.0. The van der Waals surface area contributed by atoms with Gasteiger partial charge in [0.05, 0.1) is 25.4 Å². The smallest absolute Gasteiger partial charge is 0.305 e. The number of nitrogens with one attached hydrogen (secondary N) is 1. The van der Waals surface area contributed by atoms with E-state index in [4.69, 9.17) is 4.74 Å². The Labute approximate surface area is 469 Å². The minimum atomic E-state index is -0.849. The fraction of sp³-hybridized carbons (Fsp3) is 0.913. The summed E-state index contributed by atoms with van der Waals surface area (Å²) in [5, 5.41) is 23.2. The van der Waals surface area contributed by atoms with Crippen molar-refractivity contribution in [1.29, 1.82) is 0 Å². The van der Waals surface area contributed by atoms with Gasteiger partial charge in [0.15, 0.2) is 0 Å². The van der Waals surface area contributed by atoms with Crippen molar-refractivity contribution in [3.63, 3.8) is 0 Å². The van der Waals surface area contributed by atoms with Crippen molar-refractivity contribution >= 4 is 11.9 Å². The Balaban J connectivity index is 3.43. The number of hydrogen-bond donors (Lipinski definition) is 3. The molecule has 0 heterocycles. The predicted octanol–water partition coefficient (Wildman–Crippen LogP) is 21.8. The van der Waals surface area contributed by atoms with Gasteiger partial charge in [-0.15, -0.1) is 0 Å². The fourth-order valence-corrected chi connectivity index (χ4v) is 10.7. The molecule has 444 valence electrons. The first kappa shape index (κ1) is 73.3. The molecule has 6 heteroatoms. The standard InChI is InChI=1S/C69H133NO5/c1-3-5-7-9-11-13-15-17-19-20-21-25-28-31-34-37-41-45-49-53-57-61-67(72)66(65-71)70-68(73)62-58-54-50-46-42-38-35-32-29-26-23-22-24-27-30-33-36-40-44-48-52-56-60-64-75-69(74)63-59-55-51-47-43-39-18-16-14-12-10-8-6-4-2/h26,29,57,61,66-67,71-72H,3-25,27-28,30-56,58-60,62-65H2,1-2H3,(H,70,73)/b29-26-,61-57+. The summed E-state index contributed by atoms with van der Waals surface area (Å²) in [7, 11) is 0. The predicted molar refractivity (Wildman–Crippen MR) is 329 cm³/mol. The zero-order chi connectivity index (χ0) is 54.3. The van der Waals surface area contributed by atoms with E-state index >= 15 is 0 Å². The topological polar surface area (TPSA) is 95.9 Å². The van der Waals surface area contributed by atoms with E-state index in [-0.39, 0.29) is 18.5 Å². The third kappa shape index (κ3) is 61.4. The highest BCUT2D eigenvalue weighted by Crippen LogP contribution is 2.18. The Morgan fingerprint density at radius 2 is 0.627 bits per heavy atom. The van der Waals surface area contributed by atoms with Crippen LogP contribution in [0, 0.1) is 0 Å². The van der Waals surface area contributed by atoms with Crippen LogP contribution < -0.4 is 5.32 Å². The molecule has 3 N–H and O–H groups in total. The molecule has 0 fully saturated rings. The zero-order valence-corrected chi connectivity index (χ0v) is 50.8. The number of hydrogen-bond acceptors (Lipinski definition) is 5. The summed E-state index contributed by atoms with van der Waals surface area (Å²) < 4.78 is 5.49. The van der Waals surface area contributed by atoms with Gasteiger partial charge < -0.3 is 20.3 Å². The zero-order valence-electron chi connectivity index (χ0n) is 50.8. The Morgan fingerprint density at radius 3 is 0.947 bits per heavy atom. The Hall–Kier alpha value is -1.66. The number of aliphatic hydroxyl groups excluding tert-OH is 2. The van der Waals surface area contributed by atoms with Gasteiger partial charge in [0, 0.05) is 12.8 Å². The molecular formula is C69H133NO5. The van der Waals surface area contributed by atoms with Gasteiger partial charge in [-0.2, -0.15) is 0 Å². The second kappa shape index (κ2) is 64.9. The van der Waals surface area contributed by atoms with Gasteiger partial charge in [0.1, 0.15) is 0 Å². The van der Waals surface area contributed by atoms with E-state index in [1.165, 1.54) is 308 Å². The molecular weight excluding hydrogens is 923 g/mol. The van der Waals surface area contributed by atoms with Crippen LogP contribution in [0.1, 0.15) is 380 Å². The maximum Gasteiger partial charge on any atom is 0.305 e. The normalized spacial score (nSPS) is 12.6. The van der Waals surface area contributed by atoms with Crippen LogP contribution in [-0.4, -0.2) is 47.4 Å². The molecule has 1 amide bonds. The number of amides is 1. The summed E-state index contributed by atoms with van der Waals surface area (Å²) in [5.41, 5.74) is 0. The summed E-state index contributed by atoms with van der Waals surface area (Å²) in [5.74, 6) is -0.0566. The highest BCUT2D eigenvalue weighted by Gasteiger charge is 2.18. The highest BCUT2D eigenvalue weighted by atomic mass is 16.5. The number of aliphatic hydroxyl groups is 2. The molecule has 0 aliphatic carbocycles. The van der Waals surface area contributed by atoms with Gasteiger partial charge in [-0.1, -0.05) is 334 Å². The van der Waals surface area contributed by atoms with Crippen LogP contribution in [0.15, 0.2) is 24.3 Å². The molecule has 2 unspecified atom stereocenters. The minimum Gasteiger partial charge on any atom is -0.466 e. The van der Waals surface area contributed by atoms with Crippen molar-refractivity contribution in [2.45, 2.75) is 392 Å². The number of carbonyl (C=O) groups excluding carboxylic acids is 2. The summed E-state index contributed by atoms with van der Waals surface area (Å²) in [4.78, 5) is 24.6. The first-order valence-electron chi connectivity index (χ1n) is 34.1. The van der Waals surface area contributed by atoms with Crippen molar-refractivity contribution in [3.05, 3.63) is 24.3 Å². The average molecular weight is 1060 g/mol. The van der Waals surface area contributed by atoms with E-state index in [0.717, 1.165) is 44.9 Å². The average Bonchev–Trinajstić information content (AvgIpc) is 3.41. The summed E-state index contributed by atoms with van der Waals surface area (Å²) >= 11 is 0. The maximum absolute atomic E-state index is 12.5. The van der Waals surface area contributed by atoms with Gasteiger partial charge in [0.25, 0.3) is 0 Å². The molecule has 0 aliphatic heterocycles. The summed E-state index contributed by atoms with van der Waals surface area (Å²) in [6.45, 7) is 4.94. The summed E-state index contributed by atoms with van der Waals surface area (Å²) in [6.07, 6.45) is 81.0. The number of esters is 1. The van der Waals surface area contributed by atoms with Crippen LogP contribution >= 0.6 is 0 Å². The van der Waals surface area contributed by atoms with E-state index in [9.17, 15) is 19.8 Å². The quantitative estimate of drug-likeness (QED) is 0.0320. The van der Waals surface area contributed by atoms with Crippen LogP contribution in [0.25, 0.3) is 0 Å². The number of unbranched alkanes of at least 4 members (excludes halogenated alkanes) is 51. The number of allylic oxidation sites excluding steroid dienone is 3. The van der Waals surface area contributed by atoms with Crippen LogP contribution in [0.5, 0.6) is 0 Å². The van der Waals surface area contributed by atoms with E-state index in [1.807, 2.05) is 6.08 Å². The molecule has 0 radical (unpaired) electrons. The van der Waals surface area contributed by atoms with Gasteiger partial charge in [-0.25, -0.2) is 0 Å². The monoisotopic (exact) mass is 1060 g/mol. The molecule has 0 saturated heterocycles. The molecule has 75 heavy (non-hydrogen) atoms. The van der Waals surface area contributed by atoms with Crippen molar-refractivity contribution in [2.24, 2.45) is 0 Å². The van der Waals surface area contributed by atoms with Crippen molar-refractivity contribution in [3.8, 4) is 0 Å². The molecule has 0 rings (SSSR count). The minimum absolute atomic E-state index is 0.0139. The Morgan fingerprint density at radius 1 is 0.360 bits per heavy atom. The highest BCUT2D eigenvalue weighted by molar-refractivity contribution is 5.76. The number of carbonyl (C=O) groups is 2. The summed E-state index contributed by atoms with van der Waals surface area (Å²) in [6, 6.07) is -0.633. The lowest BCUT2D eigenvalue weighted by Gasteiger charge is -2.20. The van der Waals surface area contributed by atoms with Crippen molar-refractivity contribution < 1.29 is 24.5 Å². The third-order valence-electron chi connectivity index (χ3n) is 16.0. The molecule has 2 atom stereocenters. The first-order valence-corrected chi connectivity index (χ1v) is 34.1. The SMILES string of the molecule is CCCCCCCCCCCCCCCCCCCCC/C=C/C(O)C(CO)NC(=O)CCCCCCCCC/C=C\CCCCCCCCCCCCCCOC(=O)CCCCCCCCCCCCCCCC. The molecule has 0 aromatic carbocycles. The largest absolute Gasteiger partial charge is 0.466 e. The fourth-order valence-electron chi connectivity index (χ4n) is 10.7. The molecule has 0 aliphatic rings. The lowest BCUT2D eigenvalue weighted by Crippen LogP contribution is -2.45. The van der Waals surface area contributed by atoms with E-state index in [1.54, 1.807) is 6.08 Å².